The maximum Gasteiger partial charge on any atom is 0.227 e. The van der Waals surface area contributed by atoms with E-state index in [0.717, 1.165) is 43.7 Å². The van der Waals surface area contributed by atoms with E-state index in [1.165, 1.54) is 0 Å². The topological polar surface area (TPSA) is 50.4 Å². The van der Waals surface area contributed by atoms with Crippen molar-refractivity contribution >= 4 is 5.91 Å². The highest BCUT2D eigenvalue weighted by Gasteiger charge is 2.39. The molecule has 1 aromatic rings. The number of hydrogen-bond acceptors (Lipinski definition) is 3. The zero-order valence-electron chi connectivity index (χ0n) is 12.4. The third-order valence-electron chi connectivity index (χ3n) is 4.07. The molecule has 4 nitrogen and oxygen atoms in total. The summed E-state index contributed by atoms with van der Waals surface area (Å²) in [4.78, 5) is 12.5. The van der Waals surface area contributed by atoms with Gasteiger partial charge in [0.25, 0.3) is 0 Å². The maximum atomic E-state index is 12.5. The minimum atomic E-state index is -0.207. The van der Waals surface area contributed by atoms with Crippen molar-refractivity contribution in [2.45, 2.75) is 32.7 Å². The quantitative estimate of drug-likeness (QED) is 0.836. The first-order chi connectivity index (χ1) is 9.70. The highest BCUT2D eigenvalue weighted by atomic mass is 16.5. The van der Waals surface area contributed by atoms with Crippen LogP contribution >= 0.6 is 0 Å². The largest absolute Gasteiger partial charge is 0.497 e. The van der Waals surface area contributed by atoms with Gasteiger partial charge < -0.3 is 15.4 Å². The van der Waals surface area contributed by atoms with E-state index in [2.05, 4.69) is 17.6 Å². The minimum absolute atomic E-state index is 0.181. The summed E-state index contributed by atoms with van der Waals surface area (Å²) in [6, 6.07) is 7.80. The van der Waals surface area contributed by atoms with Crippen molar-refractivity contribution in [3.05, 3.63) is 29.8 Å². The van der Waals surface area contributed by atoms with E-state index in [9.17, 15) is 4.79 Å². The summed E-state index contributed by atoms with van der Waals surface area (Å²) in [5.74, 6) is 1.02. The molecule has 1 saturated heterocycles. The Labute approximate surface area is 120 Å². The van der Waals surface area contributed by atoms with Crippen molar-refractivity contribution in [3.63, 3.8) is 0 Å². The fourth-order valence-electron chi connectivity index (χ4n) is 2.86. The van der Waals surface area contributed by atoms with Crippen LogP contribution in [0.1, 0.15) is 31.7 Å². The molecule has 0 aliphatic carbocycles. The Morgan fingerprint density at radius 3 is 2.70 bits per heavy atom. The molecule has 0 bridgehead atoms. The highest BCUT2D eigenvalue weighted by Crippen LogP contribution is 2.31. The second-order valence-corrected chi connectivity index (χ2v) is 5.49. The summed E-state index contributed by atoms with van der Waals surface area (Å²) >= 11 is 0. The van der Waals surface area contributed by atoms with Gasteiger partial charge in [-0.15, -0.1) is 0 Å². The molecule has 1 atom stereocenters. The van der Waals surface area contributed by atoms with E-state index in [-0.39, 0.29) is 11.3 Å². The summed E-state index contributed by atoms with van der Waals surface area (Å²) in [6.45, 7) is 4.45. The number of hydrogen-bond donors (Lipinski definition) is 2. The molecule has 0 aromatic heterocycles. The summed E-state index contributed by atoms with van der Waals surface area (Å²) in [5.41, 5.74) is 0.887. The summed E-state index contributed by atoms with van der Waals surface area (Å²) in [6.07, 6.45) is 2.93. The average molecular weight is 276 g/mol. The smallest absolute Gasteiger partial charge is 0.227 e. The second kappa shape index (κ2) is 6.75. The molecule has 1 aliphatic rings. The van der Waals surface area contributed by atoms with Crippen LogP contribution in [0.15, 0.2) is 24.3 Å². The molecule has 1 aliphatic heterocycles. The Balaban J connectivity index is 1.93. The first-order valence-corrected chi connectivity index (χ1v) is 7.32. The molecule has 1 unspecified atom stereocenters. The van der Waals surface area contributed by atoms with Crippen LogP contribution in [-0.2, 0) is 11.3 Å². The fourth-order valence-corrected chi connectivity index (χ4v) is 2.86. The van der Waals surface area contributed by atoms with Gasteiger partial charge in [0, 0.05) is 13.1 Å². The van der Waals surface area contributed by atoms with Crippen molar-refractivity contribution in [2.24, 2.45) is 5.41 Å². The number of rotatable bonds is 6. The molecule has 1 heterocycles. The van der Waals surface area contributed by atoms with E-state index in [1.54, 1.807) is 7.11 Å². The van der Waals surface area contributed by atoms with Gasteiger partial charge in [0.05, 0.1) is 12.5 Å². The number of amides is 1. The molecular formula is C16H24N2O2. The Morgan fingerprint density at radius 2 is 2.15 bits per heavy atom. The van der Waals surface area contributed by atoms with Gasteiger partial charge in [0.1, 0.15) is 5.75 Å². The average Bonchev–Trinajstić information content (AvgIpc) is 2.95. The third kappa shape index (κ3) is 3.31. The number of nitrogens with one attached hydrogen (secondary N) is 2. The van der Waals surface area contributed by atoms with Gasteiger partial charge in [0.2, 0.25) is 5.91 Å². The van der Waals surface area contributed by atoms with Gasteiger partial charge in [-0.2, -0.15) is 0 Å². The van der Waals surface area contributed by atoms with E-state index >= 15 is 0 Å². The number of carbonyl (C=O) groups is 1. The van der Waals surface area contributed by atoms with E-state index < -0.39 is 0 Å². The summed E-state index contributed by atoms with van der Waals surface area (Å²) in [7, 11) is 1.65. The molecule has 4 heteroatoms. The molecular weight excluding hydrogens is 252 g/mol. The number of benzene rings is 1. The van der Waals surface area contributed by atoms with Gasteiger partial charge in [-0.25, -0.2) is 0 Å². The normalized spacial score (nSPS) is 21.7. The van der Waals surface area contributed by atoms with Crippen LogP contribution in [-0.4, -0.2) is 26.1 Å². The monoisotopic (exact) mass is 276 g/mol. The molecule has 110 valence electrons. The fraction of sp³-hybridized carbons (Fsp3) is 0.562. The molecule has 0 saturated carbocycles. The van der Waals surface area contributed by atoms with Crippen LogP contribution in [0.5, 0.6) is 5.75 Å². The van der Waals surface area contributed by atoms with Crippen LogP contribution in [0.25, 0.3) is 0 Å². The first kappa shape index (κ1) is 14.9. The molecule has 1 amide bonds. The van der Waals surface area contributed by atoms with Crippen molar-refractivity contribution in [2.75, 3.05) is 20.2 Å². The van der Waals surface area contributed by atoms with Crippen molar-refractivity contribution < 1.29 is 9.53 Å². The standard InChI is InChI=1S/C16H24N2O2/c1-3-8-16(9-10-17-12-16)15(19)18-11-13-4-6-14(20-2)7-5-13/h4-7,17H,3,8-12H2,1-2H3,(H,18,19). The lowest BCUT2D eigenvalue weighted by Gasteiger charge is -2.26. The van der Waals surface area contributed by atoms with Crippen LogP contribution in [0, 0.1) is 5.41 Å². The van der Waals surface area contributed by atoms with Gasteiger partial charge in [-0.3, -0.25) is 4.79 Å². The predicted molar refractivity (Wildman–Crippen MR) is 79.7 cm³/mol. The van der Waals surface area contributed by atoms with Crippen LogP contribution in [0.2, 0.25) is 0 Å². The molecule has 0 spiro atoms. The lowest BCUT2D eigenvalue weighted by Crippen LogP contribution is -2.42. The van der Waals surface area contributed by atoms with E-state index in [0.29, 0.717) is 6.54 Å². The van der Waals surface area contributed by atoms with Crippen molar-refractivity contribution in [1.29, 1.82) is 0 Å². The van der Waals surface area contributed by atoms with Crippen LogP contribution in [0.4, 0.5) is 0 Å². The van der Waals surface area contributed by atoms with Crippen LogP contribution in [0.3, 0.4) is 0 Å². The zero-order valence-corrected chi connectivity index (χ0v) is 12.4. The minimum Gasteiger partial charge on any atom is -0.497 e. The first-order valence-electron chi connectivity index (χ1n) is 7.32. The molecule has 2 N–H and O–H groups in total. The summed E-state index contributed by atoms with van der Waals surface area (Å²) in [5, 5.41) is 6.40. The van der Waals surface area contributed by atoms with Crippen molar-refractivity contribution in [1.82, 2.24) is 10.6 Å². The third-order valence-corrected chi connectivity index (χ3v) is 4.07. The SMILES string of the molecule is CCCC1(C(=O)NCc2ccc(OC)cc2)CCNC1. The van der Waals surface area contributed by atoms with Gasteiger partial charge in [-0.1, -0.05) is 25.5 Å². The molecule has 0 radical (unpaired) electrons. The lowest BCUT2D eigenvalue weighted by molar-refractivity contribution is -0.130. The Kier molecular flexibility index (Phi) is 5.01. The number of methoxy groups -OCH3 is 1. The molecule has 1 aromatic carbocycles. The predicted octanol–water partition coefficient (Wildman–Crippen LogP) is 2.09. The second-order valence-electron chi connectivity index (χ2n) is 5.49. The molecule has 1 fully saturated rings. The van der Waals surface area contributed by atoms with Crippen molar-refractivity contribution in [3.8, 4) is 5.75 Å². The Morgan fingerprint density at radius 1 is 1.40 bits per heavy atom. The van der Waals surface area contributed by atoms with E-state index in [4.69, 9.17) is 4.74 Å². The number of carbonyl (C=O) groups excluding carboxylic acids is 1. The summed E-state index contributed by atoms with van der Waals surface area (Å²) < 4.78 is 5.13. The van der Waals surface area contributed by atoms with Crippen LogP contribution < -0.4 is 15.4 Å². The number of ether oxygens (including phenoxy) is 1. The highest BCUT2D eigenvalue weighted by molar-refractivity contribution is 5.83. The lowest BCUT2D eigenvalue weighted by atomic mass is 9.81. The van der Waals surface area contributed by atoms with Gasteiger partial charge in [0.15, 0.2) is 0 Å². The van der Waals surface area contributed by atoms with E-state index in [1.807, 2.05) is 24.3 Å². The Hall–Kier alpha value is -1.55. The molecule has 2 rings (SSSR count). The zero-order chi connectivity index (χ0) is 14.4. The molecule has 20 heavy (non-hydrogen) atoms. The van der Waals surface area contributed by atoms with Gasteiger partial charge >= 0.3 is 0 Å². The van der Waals surface area contributed by atoms with Gasteiger partial charge in [-0.05, 0) is 37.1 Å². The maximum absolute atomic E-state index is 12.5. The Bertz CT molecular complexity index is 436.